The molecule has 0 amide bonds. The first-order valence-electron chi connectivity index (χ1n) is 10.9. The second-order valence-corrected chi connectivity index (χ2v) is 8.82. The van der Waals surface area contributed by atoms with Crippen LogP contribution >= 0.6 is 11.3 Å². The van der Waals surface area contributed by atoms with Crippen LogP contribution in [0.15, 0.2) is 69.6 Å². The van der Waals surface area contributed by atoms with Gasteiger partial charge in [-0.15, -0.1) is 0 Å². The number of aromatic nitrogens is 1. The van der Waals surface area contributed by atoms with E-state index < -0.39 is 22.9 Å². The third kappa shape index (κ3) is 4.86. The van der Waals surface area contributed by atoms with Gasteiger partial charge in [-0.05, 0) is 55.3 Å². The first kappa shape index (κ1) is 24.7. The number of rotatable bonds is 6. The molecule has 4 rings (SSSR count). The Kier molecular flexibility index (Phi) is 6.93. The largest absolute Gasteiger partial charge is 0.463 e. The van der Waals surface area contributed by atoms with Gasteiger partial charge < -0.3 is 9.47 Å². The molecule has 0 aliphatic carbocycles. The number of fused-ring (bicyclic) bond motifs is 1. The van der Waals surface area contributed by atoms with Crippen LogP contribution in [0.2, 0.25) is 0 Å². The molecule has 1 aliphatic rings. The monoisotopic (exact) mass is 507 g/mol. The van der Waals surface area contributed by atoms with Gasteiger partial charge >= 0.3 is 11.9 Å². The summed E-state index contributed by atoms with van der Waals surface area (Å²) in [5, 5.41) is 10.9. The number of allylic oxidation sites excluding steroid dienone is 1. The number of esters is 2. The van der Waals surface area contributed by atoms with Gasteiger partial charge in [0.1, 0.15) is 5.75 Å². The summed E-state index contributed by atoms with van der Waals surface area (Å²) < 4.78 is 12.2. The van der Waals surface area contributed by atoms with E-state index in [1.54, 1.807) is 56.3 Å². The van der Waals surface area contributed by atoms with Crippen molar-refractivity contribution >= 4 is 35.0 Å². The zero-order valence-electron chi connectivity index (χ0n) is 19.6. The molecule has 2 aromatic carbocycles. The van der Waals surface area contributed by atoms with Gasteiger partial charge in [-0.3, -0.25) is 24.3 Å². The van der Waals surface area contributed by atoms with Crippen molar-refractivity contribution in [1.29, 1.82) is 0 Å². The molecule has 11 heteroatoms. The molecule has 0 fully saturated rings. The molecule has 1 unspecified atom stereocenters. The molecular formula is C25H21N3O7S. The predicted molar refractivity (Wildman–Crippen MR) is 131 cm³/mol. The van der Waals surface area contributed by atoms with Crippen molar-refractivity contribution in [1.82, 2.24) is 4.57 Å². The number of ether oxygens (including phenoxy) is 2. The Bertz CT molecular complexity index is 1570. The van der Waals surface area contributed by atoms with Gasteiger partial charge in [-0.25, -0.2) is 9.79 Å². The Labute approximate surface area is 208 Å². The molecule has 0 radical (unpaired) electrons. The van der Waals surface area contributed by atoms with Gasteiger partial charge in [0, 0.05) is 19.1 Å². The lowest BCUT2D eigenvalue weighted by molar-refractivity contribution is -0.384. The third-order valence-corrected chi connectivity index (χ3v) is 6.36. The minimum absolute atomic E-state index is 0.0551. The topological polar surface area (TPSA) is 130 Å². The predicted octanol–water partition coefficient (Wildman–Crippen LogP) is 2.63. The number of carbonyl (C=O) groups excluding carboxylic acids is 2. The molecule has 184 valence electrons. The van der Waals surface area contributed by atoms with Crippen molar-refractivity contribution in [3.05, 3.63) is 101 Å². The van der Waals surface area contributed by atoms with Crippen LogP contribution in [0, 0.1) is 10.1 Å². The van der Waals surface area contributed by atoms with Crippen LogP contribution in [-0.2, 0) is 14.3 Å². The standard InChI is InChI=1S/C25H21N3O7S/c1-4-34-24(31)21-14(2)26-25-27(22(21)17-7-11-19(12-8-17)35-15(3)29)23(30)20(36-25)13-16-5-9-18(10-6-16)28(32)33/h5-13,22H,4H2,1-3H3. The quantitative estimate of drug-likeness (QED) is 0.217. The van der Waals surface area contributed by atoms with Gasteiger partial charge in [0.25, 0.3) is 11.2 Å². The molecule has 10 nitrogen and oxygen atoms in total. The van der Waals surface area contributed by atoms with Gasteiger partial charge in [0.15, 0.2) is 4.80 Å². The molecule has 3 aromatic rings. The van der Waals surface area contributed by atoms with Crippen LogP contribution in [-0.4, -0.2) is 28.0 Å². The minimum Gasteiger partial charge on any atom is -0.463 e. The Morgan fingerprint density at radius 3 is 2.42 bits per heavy atom. The maximum absolute atomic E-state index is 13.6. The molecule has 0 saturated carbocycles. The zero-order chi connectivity index (χ0) is 26.0. The van der Waals surface area contributed by atoms with Crippen LogP contribution in [0.25, 0.3) is 6.08 Å². The van der Waals surface area contributed by atoms with Gasteiger partial charge in [0.05, 0.1) is 33.4 Å². The Balaban J connectivity index is 1.87. The van der Waals surface area contributed by atoms with Crippen molar-refractivity contribution in [2.24, 2.45) is 4.99 Å². The van der Waals surface area contributed by atoms with E-state index in [2.05, 4.69) is 4.99 Å². The summed E-state index contributed by atoms with van der Waals surface area (Å²) in [5.74, 6) is -0.724. The number of hydrogen-bond acceptors (Lipinski definition) is 9. The molecular weight excluding hydrogens is 486 g/mol. The van der Waals surface area contributed by atoms with E-state index in [1.807, 2.05) is 0 Å². The van der Waals surface area contributed by atoms with E-state index in [4.69, 9.17) is 9.47 Å². The fourth-order valence-corrected chi connectivity index (χ4v) is 4.88. The van der Waals surface area contributed by atoms with Crippen LogP contribution in [0.1, 0.15) is 37.9 Å². The molecule has 0 saturated heterocycles. The number of hydrogen-bond donors (Lipinski definition) is 0. The number of nitrogens with zero attached hydrogens (tertiary/aromatic N) is 3. The van der Waals surface area contributed by atoms with E-state index in [1.165, 1.54) is 23.6 Å². The van der Waals surface area contributed by atoms with Crippen LogP contribution in [0.5, 0.6) is 5.75 Å². The van der Waals surface area contributed by atoms with E-state index in [9.17, 15) is 24.5 Å². The average Bonchev–Trinajstić information content (AvgIpc) is 3.13. The highest BCUT2D eigenvalue weighted by Crippen LogP contribution is 2.31. The van der Waals surface area contributed by atoms with Crippen molar-refractivity contribution in [3.63, 3.8) is 0 Å². The van der Waals surface area contributed by atoms with Crippen LogP contribution in [0.3, 0.4) is 0 Å². The summed E-state index contributed by atoms with van der Waals surface area (Å²) >= 11 is 1.15. The van der Waals surface area contributed by atoms with Gasteiger partial charge in [-0.2, -0.15) is 0 Å². The highest BCUT2D eigenvalue weighted by molar-refractivity contribution is 7.07. The first-order valence-corrected chi connectivity index (χ1v) is 11.7. The fourth-order valence-electron chi connectivity index (χ4n) is 3.83. The number of carbonyl (C=O) groups is 2. The summed E-state index contributed by atoms with van der Waals surface area (Å²) in [7, 11) is 0. The maximum atomic E-state index is 13.6. The summed E-state index contributed by atoms with van der Waals surface area (Å²) in [6, 6.07) is 11.5. The van der Waals surface area contributed by atoms with Gasteiger partial charge in [-0.1, -0.05) is 23.5 Å². The van der Waals surface area contributed by atoms with Crippen molar-refractivity contribution in [2.45, 2.75) is 26.8 Å². The zero-order valence-corrected chi connectivity index (χ0v) is 20.4. The van der Waals surface area contributed by atoms with E-state index in [0.717, 1.165) is 11.3 Å². The van der Waals surface area contributed by atoms with Crippen molar-refractivity contribution in [2.75, 3.05) is 6.61 Å². The normalized spacial score (nSPS) is 15.2. The van der Waals surface area contributed by atoms with Crippen LogP contribution < -0.4 is 19.6 Å². The average molecular weight is 508 g/mol. The van der Waals surface area contributed by atoms with Crippen molar-refractivity contribution < 1.29 is 24.0 Å². The fraction of sp³-hybridized carbons (Fsp3) is 0.200. The highest BCUT2D eigenvalue weighted by Gasteiger charge is 2.33. The number of benzene rings is 2. The summed E-state index contributed by atoms with van der Waals surface area (Å²) in [6.45, 7) is 4.82. The van der Waals surface area contributed by atoms with E-state index in [-0.39, 0.29) is 23.4 Å². The molecule has 0 bridgehead atoms. The third-order valence-electron chi connectivity index (χ3n) is 5.38. The first-order chi connectivity index (χ1) is 17.2. The molecule has 36 heavy (non-hydrogen) atoms. The number of thiazole rings is 1. The molecule has 0 N–H and O–H groups in total. The Hall–Kier alpha value is -4.38. The van der Waals surface area contributed by atoms with E-state index >= 15 is 0 Å². The smallest absolute Gasteiger partial charge is 0.338 e. The number of non-ortho nitro benzene ring substituents is 1. The molecule has 1 atom stereocenters. The Morgan fingerprint density at radius 2 is 1.83 bits per heavy atom. The molecule has 2 heterocycles. The summed E-state index contributed by atoms with van der Waals surface area (Å²) in [6.07, 6.45) is 1.62. The van der Waals surface area contributed by atoms with Crippen molar-refractivity contribution in [3.8, 4) is 5.75 Å². The molecule has 1 aliphatic heterocycles. The van der Waals surface area contributed by atoms with E-state index in [0.29, 0.717) is 31.9 Å². The van der Waals surface area contributed by atoms with Crippen LogP contribution in [0.4, 0.5) is 5.69 Å². The van der Waals surface area contributed by atoms with Gasteiger partial charge in [0.2, 0.25) is 0 Å². The molecule has 0 spiro atoms. The number of nitro benzene ring substituents is 1. The lowest BCUT2D eigenvalue weighted by atomic mass is 9.96. The second kappa shape index (κ2) is 10.1. The lowest BCUT2D eigenvalue weighted by Gasteiger charge is -2.24. The lowest BCUT2D eigenvalue weighted by Crippen LogP contribution is -2.39. The summed E-state index contributed by atoms with van der Waals surface area (Å²) in [4.78, 5) is 53.1. The molecule has 1 aromatic heterocycles. The summed E-state index contributed by atoms with van der Waals surface area (Å²) in [5.41, 5.74) is 1.43. The minimum atomic E-state index is -0.814. The number of nitro groups is 1. The second-order valence-electron chi connectivity index (χ2n) is 7.81. The maximum Gasteiger partial charge on any atom is 0.338 e. The Morgan fingerprint density at radius 1 is 1.17 bits per heavy atom. The SMILES string of the molecule is CCOC(=O)C1=C(C)N=c2sc(=Cc3ccc([N+](=O)[O-])cc3)c(=O)n2C1c1ccc(OC(C)=O)cc1. The highest BCUT2D eigenvalue weighted by atomic mass is 32.1.